The molecule has 1 saturated carbocycles. The summed E-state index contributed by atoms with van der Waals surface area (Å²) >= 11 is 0. The topological polar surface area (TPSA) is 84.2 Å². The van der Waals surface area contributed by atoms with Gasteiger partial charge in [0.15, 0.2) is 0 Å². The SMILES string of the molecule is NCC1(C(=O)NC2CCCNC2=O)CCCCC1. The Morgan fingerprint density at radius 3 is 2.67 bits per heavy atom. The minimum atomic E-state index is -0.435. The highest BCUT2D eigenvalue weighted by molar-refractivity contribution is 5.90. The summed E-state index contributed by atoms with van der Waals surface area (Å²) in [6.07, 6.45) is 6.65. The lowest BCUT2D eigenvalue weighted by molar-refractivity contribution is -0.137. The van der Waals surface area contributed by atoms with E-state index in [1.54, 1.807) is 0 Å². The summed E-state index contributed by atoms with van der Waals surface area (Å²) in [4.78, 5) is 24.0. The number of hydrogen-bond acceptors (Lipinski definition) is 3. The predicted octanol–water partition coefficient (Wildman–Crippen LogP) is 0.290. The number of carbonyl (C=O) groups is 2. The molecule has 1 saturated heterocycles. The van der Waals surface area contributed by atoms with E-state index < -0.39 is 5.41 Å². The van der Waals surface area contributed by atoms with Crippen LogP contribution < -0.4 is 16.4 Å². The molecule has 4 N–H and O–H groups in total. The smallest absolute Gasteiger partial charge is 0.242 e. The van der Waals surface area contributed by atoms with Crippen LogP contribution >= 0.6 is 0 Å². The molecule has 1 aliphatic heterocycles. The average molecular weight is 253 g/mol. The molecule has 2 fully saturated rings. The Bertz CT molecular complexity index is 324. The van der Waals surface area contributed by atoms with Gasteiger partial charge in [-0.05, 0) is 25.7 Å². The van der Waals surface area contributed by atoms with Gasteiger partial charge >= 0.3 is 0 Å². The predicted molar refractivity (Wildman–Crippen MR) is 68.7 cm³/mol. The number of piperidine rings is 1. The molecule has 0 spiro atoms. The van der Waals surface area contributed by atoms with Crippen LogP contribution in [0.1, 0.15) is 44.9 Å². The molecule has 0 aromatic carbocycles. The molecule has 0 aromatic heterocycles. The lowest BCUT2D eigenvalue weighted by atomic mass is 9.73. The fourth-order valence-electron chi connectivity index (χ4n) is 2.97. The Morgan fingerprint density at radius 1 is 1.33 bits per heavy atom. The quantitative estimate of drug-likeness (QED) is 0.676. The van der Waals surface area contributed by atoms with Gasteiger partial charge in [-0.1, -0.05) is 19.3 Å². The van der Waals surface area contributed by atoms with Gasteiger partial charge in [0.2, 0.25) is 11.8 Å². The molecule has 102 valence electrons. The number of rotatable bonds is 3. The first-order valence-electron chi connectivity index (χ1n) is 6.97. The van der Waals surface area contributed by atoms with Crippen LogP contribution in [0.15, 0.2) is 0 Å². The van der Waals surface area contributed by atoms with E-state index >= 15 is 0 Å². The summed E-state index contributed by atoms with van der Waals surface area (Å²) in [5, 5.41) is 5.69. The third-order valence-corrected chi connectivity index (χ3v) is 4.27. The van der Waals surface area contributed by atoms with Gasteiger partial charge in [0.05, 0.1) is 5.41 Å². The molecule has 2 rings (SSSR count). The number of carbonyl (C=O) groups excluding carboxylic acids is 2. The highest BCUT2D eigenvalue weighted by Gasteiger charge is 2.39. The van der Waals surface area contributed by atoms with Crippen molar-refractivity contribution in [1.29, 1.82) is 0 Å². The fourth-order valence-corrected chi connectivity index (χ4v) is 2.97. The van der Waals surface area contributed by atoms with Gasteiger partial charge in [0.1, 0.15) is 6.04 Å². The van der Waals surface area contributed by atoms with E-state index in [0.717, 1.165) is 38.5 Å². The second-order valence-electron chi connectivity index (χ2n) is 5.50. The highest BCUT2D eigenvalue weighted by Crippen LogP contribution is 2.35. The number of nitrogens with two attached hydrogens (primary N) is 1. The minimum absolute atomic E-state index is 0.0215. The third-order valence-electron chi connectivity index (χ3n) is 4.27. The lowest BCUT2D eigenvalue weighted by Gasteiger charge is -2.36. The molecule has 5 nitrogen and oxygen atoms in total. The largest absolute Gasteiger partial charge is 0.354 e. The zero-order chi connectivity index (χ0) is 13.0. The Morgan fingerprint density at radius 2 is 2.06 bits per heavy atom. The van der Waals surface area contributed by atoms with Crippen molar-refractivity contribution in [2.24, 2.45) is 11.1 Å². The zero-order valence-electron chi connectivity index (χ0n) is 10.8. The summed E-state index contributed by atoms with van der Waals surface area (Å²) in [6.45, 7) is 1.10. The summed E-state index contributed by atoms with van der Waals surface area (Å²) < 4.78 is 0. The van der Waals surface area contributed by atoms with Crippen molar-refractivity contribution >= 4 is 11.8 Å². The molecule has 0 aromatic rings. The number of nitrogens with one attached hydrogen (secondary N) is 2. The van der Waals surface area contributed by atoms with Gasteiger partial charge in [-0.2, -0.15) is 0 Å². The molecule has 0 bridgehead atoms. The van der Waals surface area contributed by atoms with Crippen molar-refractivity contribution in [3.8, 4) is 0 Å². The molecule has 1 unspecified atom stereocenters. The Kier molecular flexibility index (Phi) is 4.22. The monoisotopic (exact) mass is 253 g/mol. The van der Waals surface area contributed by atoms with E-state index in [0.29, 0.717) is 13.1 Å². The van der Waals surface area contributed by atoms with Crippen molar-refractivity contribution in [3.05, 3.63) is 0 Å². The van der Waals surface area contributed by atoms with Crippen molar-refractivity contribution in [2.75, 3.05) is 13.1 Å². The summed E-state index contributed by atoms with van der Waals surface area (Å²) in [5.41, 5.74) is 5.38. The summed E-state index contributed by atoms with van der Waals surface area (Å²) in [6, 6.07) is -0.364. The fraction of sp³-hybridized carbons (Fsp3) is 0.846. The Hall–Kier alpha value is -1.10. The maximum absolute atomic E-state index is 12.4. The lowest BCUT2D eigenvalue weighted by Crippen LogP contribution is -2.55. The van der Waals surface area contributed by atoms with Gasteiger partial charge in [0, 0.05) is 13.1 Å². The molecule has 0 radical (unpaired) electrons. The van der Waals surface area contributed by atoms with Crippen LogP contribution in [-0.2, 0) is 9.59 Å². The van der Waals surface area contributed by atoms with Crippen LogP contribution in [0.5, 0.6) is 0 Å². The highest BCUT2D eigenvalue weighted by atomic mass is 16.2. The van der Waals surface area contributed by atoms with E-state index in [4.69, 9.17) is 5.73 Å². The van der Waals surface area contributed by atoms with Gasteiger partial charge in [-0.25, -0.2) is 0 Å². The zero-order valence-corrected chi connectivity index (χ0v) is 10.8. The van der Waals surface area contributed by atoms with Crippen molar-refractivity contribution in [2.45, 2.75) is 51.0 Å². The molecule has 18 heavy (non-hydrogen) atoms. The second-order valence-corrected chi connectivity index (χ2v) is 5.50. The number of hydrogen-bond donors (Lipinski definition) is 3. The van der Waals surface area contributed by atoms with E-state index in [9.17, 15) is 9.59 Å². The van der Waals surface area contributed by atoms with E-state index in [1.165, 1.54) is 6.42 Å². The van der Waals surface area contributed by atoms with Crippen molar-refractivity contribution < 1.29 is 9.59 Å². The van der Waals surface area contributed by atoms with Gasteiger partial charge in [0.25, 0.3) is 0 Å². The molecule has 2 aliphatic rings. The Labute approximate surface area is 108 Å². The molecule has 1 aliphatic carbocycles. The molecule has 2 amide bonds. The average Bonchev–Trinajstić information content (AvgIpc) is 2.42. The van der Waals surface area contributed by atoms with Crippen molar-refractivity contribution in [3.63, 3.8) is 0 Å². The third kappa shape index (κ3) is 2.66. The first kappa shape index (κ1) is 13.3. The van der Waals surface area contributed by atoms with E-state index in [2.05, 4.69) is 10.6 Å². The van der Waals surface area contributed by atoms with Crippen LogP contribution in [0.3, 0.4) is 0 Å². The maximum atomic E-state index is 12.4. The van der Waals surface area contributed by atoms with Gasteiger partial charge in [-0.15, -0.1) is 0 Å². The van der Waals surface area contributed by atoms with Crippen LogP contribution in [0, 0.1) is 5.41 Å². The molecular formula is C13H23N3O2. The van der Waals surface area contributed by atoms with Crippen LogP contribution in [0.2, 0.25) is 0 Å². The summed E-state index contributed by atoms with van der Waals surface area (Å²) in [7, 11) is 0. The standard InChI is InChI=1S/C13H23N3O2/c14-9-13(6-2-1-3-7-13)12(18)16-10-5-4-8-15-11(10)17/h10H,1-9,14H2,(H,15,17)(H,16,18). The van der Waals surface area contributed by atoms with Gasteiger partial charge < -0.3 is 16.4 Å². The maximum Gasteiger partial charge on any atom is 0.242 e. The molecule has 5 heteroatoms. The number of amides is 2. The van der Waals surface area contributed by atoms with Crippen LogP contribution in [0.25, 0.3) is 0 Å². The van der Waals surface area contributed by atoms with E-state index in [-0.39, 0.29) is 17.9 Å². The molecular weight excluding hydrogens is 230 g/mol. The Balaban J connectivity index is 1.98. The van der Waals surface area contributed by atoms with E-state index in [1.807, 2.05) is 0 Å². The van der Waals surface area contributed by atoms with Gasteiger partial charge in [-0.3, -0.25) is 9.59 Å². The normalized spacial score (nSPS) is 27.4. The van der Waals surface area contributed by atoms with Crippen LogP contribution in [-0.4, -0.2) is 30.9 Å². The summed E-state index contributed by atoms with van der Waals surface area (Å²) in [5.74, 6) is -0.0793. The minimum Gasteiger partial charge on any atom is -0.354 e. The first-order valence-corrected chi connectivity index (χ1v) is 6.97. The first-order chi connectivity index (χ1) is 8.68. The molecule has 1 heterocycles. The van der Waals surface area contributed by atoms with Crippen LogP contribution in [0.4, 0.5) is 0 Å². The second kappa shape index (κ2) is 5.69. The van der Waals surface area contributed by atoms with Crippen molar-refractivity contribution in [1.82, 2.24) is 10.6 Å². The molecule has 1 atom stereocenters.